The Balaban J connectivity index is 3.36. The van der Waals surface area contributed by atoms with Gasteiger partial charge in [-0.2, -0.15) is 0 Å². The summed E-state index contributed by atoms with van der Waals surface area (Å²) in [6.07, 6.45) is 11.1. The van der Waals surface area contributed by atoms with Crippen LogP contribution in [0.5, 0.6) is 0 Å². The van der Waals surface area contributed by atoms with Crippen LogP contribution in [0.3, 0.4) is 0 Å². The molecule has 0 fully saturated rings. The highest BCUT2D eigenvalue weighted by atomic mass is 16.1. The lowest BCUT2D eigenvalue weighted by molar-refractivity contribution is -0.119. The average molecular weight is 180 g/mol. The summed E-state index contributed by atoms with van der Waals surface area (Å²) in [6.45, 7) is 4.09. The van der Waals surface area contributed by atoms with Crippen LogP contribution in [-0.4, -0.2) is 5.78 Å². The molecule has 1 heteroatoms. The number of hydrogen-bond acceptors (Lipinski definition) is 1. The smallest absolute Gasteiger partial charge is 0.134 e. The van der Waals surface area contributed by atoms with Crippen molar-refractivity contribution < 1.29 is 4.79 Å². The highest BCUT2D eigenvalue weighted by molar-refractivity contribution is 5.78. The lowest BCUT2D eigenvalue weighted by Crippen LogP contribution is -2.03. The fraction of sp³-hybridized carbons (Fsp3) is 0.750. The maximum atomic E-state index is 11.3. The van der Waals surface area contributed by atoms with Crippen LogP contribution in [-0.2, 0) is 4.79 Å². The van der Waals surface area contributed by atoms with Gasteiger partial charge in [0.15, 0.2) is 0 Å². The molecule has 0 saturated heterocycles. The van der Waals surface area contributed by atoms with Crippen molar-refractivity contribution in [3.8, 4) is 12.3 Å². The number of hydrogen-bond donors (Lipinski definition) is 0. The average Bonchev–Trinajstić information content (AvgIpc) is 2.12. The van der Waals surface area contributed by atoms with E-state index in [1.54, 1.807) is 0 Å². The molecular weight excluding hydrogens is 160 g/mol. The van der Waals surface area contributed by atoms with Gasteiger partial charge in [-0.05, 0) is 6.42 Å². The second-order valence-corrected chi connectivity index (χ2v) is 3.62. The third kappa shape index (κ3) is 7.59. The van der Waals surface area contributed by atoms with Gasteiger partial charge in [0.2, 0.25) is 0 Å². The normalized spacial score (nSPS) is 12.1. The minimum absolute atomic E-state index is 0.110. The molecule has 1 atom stereocenters. The number of rotatable bonds is 7. The van der Waals surface area contributed by atoms with Gasteiger partial charge < -0.3 is 0 Å². The minimum atomic E-state index is 0.110. The molecule has 0 rings (SSSR count). The van der Waals surface area contributed by atoms with Crippen LogP contribution in [0, 0.1) is 18.3 Å². The lowest BCUT2D eigenvalue weighted by Gasteiger charge is -2.02. The van der Waals surface area contributed by atoms with Crippen molar-refractivity contribution in [1.29, 1.82) is 0 Å². The Morgan fingerprint density at radius 3 is 2.62 bits per heavy atom. The summed E-state index contributed by atoms with van der Waals surface area (Å²) >= 11 is 0. The fourth-order valence-electron chi connectivity index (χ4n) is 1.25. The highest BCUT2D eigenvalue weighted by Gasteiger charge is 2.05. The van der Waals surface area contributed by atoms with Crippen molar-refractivity contribution in [3.05, 3.63) is 0 Å². The van der Waals surface area contributed by atoms with Gasteiger partial charge in [0.1, 0.15) is 5.78 Å². The predicted molar refractivity (Wildman–Crippen MR) is 56.4 cm³/mol. The monoisotopic (exact) mass is 180 g/mol. The van der Waals surface area contributed by atoms with Crippen LogP contribution in [0.15, 0.2) is 0 Å². The molecule has 0 aromatic carbocycles. The first-order valence-corrected chi connectivity index (χ1v) is 5.18. The van der Waals surface area contributed by atoms with Gasteiger partial charge in [-0.1, -0.05) is 33.1 Å². The summed E-state index contributed by atoms with van der Waals surface area (Å²) in [5.74, 6) is 3.01. The van der Waals surface area contributed by atoms with Crippen molar-refractivity contribution in [2.45, 2.75) is 52.4 Å². The predicted octanol–water partition coefficient (Wildman–Crippen LogP) is 3.19. The Hall–Kier alpha value is -0.770. The first kappa shape index (κ1) is 12.2. The lowest BCUT2D eigenvalue weighted by atomic mass is 10.0. The van der Waals surface area contributed by atoms with Gasteiger partial charge in [0, 0.05) is 18.8 Å². The van der Waals surface area contributed by atoms with Gasteiger partial charge in [0.05, 0.1) is 0 Å². The van der Waals surface area contributed by atoms with Crippen LogP contribution in [0.4, 0.5) is 0 Å². The van der Waals surface area contributed by atoms with E-state index in [-0.39, 0.29) is 5.92 Å². The standard InChI is InChI=1S/C12H20O/c1-4-6-7-8-9-12(13)10-11(3)5-2/h2,11H,4,6-10H2,1,3H3. The number of unbranched alkanes of at least 4 members (excludes halogenated alkanes) is 3. The molecule has 0 aromatic rings. The molecular formula is C12H20O. The molecule has 1 nitrogen and oxygen atoms in total. The van der Waals surface area contributed by atoms with Gasteiger partial charge in [0.25, 0.3) is 0 Å². The molecule has 1 unspecified atom stereocenters. The van der Waals surface area contributed by atoms with Crippen molar-refractivity contribution in [1.82, 2.24) is 0 Å². The van der Waals surface area contributed by atoms with Crippen LogP contribution < -0.4 is 0 Å². The fourth-order valence-corrected chi connectivity index (χ4v) is 1.25. The number of ketones is 1. The largest absolute Gasteiger partial charge is 0.300 e. The van der Waals surface area contributed by atoms with Crippen LogP contribution >= 0.6 is 0 Å². The number of Topliss-reactive ketones (excluding diaryl/α,β-unsaturated/α-hetero) is 1. The third-order valence-corrected chi connectivity index (χ3v) is 2.13. The molecule has 0 amide bonds. The molecule has 0 aliphatic carbocycles. The topological polar surface area (TPSA) is 17.1 Å². The molecule has 0 aliphatic rings. The summed E-state index contributed by atoms with van der Waals surface area (Å²) in [7, 11) is 0. The Labute approximate surface area is 81.9 Å². The molecule has 0 saturated carbocycles. The van der Waals surface area contributed by atoms with E-state index >= 15 is 0 Å². The van der Waals surface area contributed by atoms with E-state index in [0.717, 1.165) is 6.42 Å². The zero-order valence-corrected chi connectivity index (χ0v) is 8.81. The minimum Gasteiger partial charge on any atom is -0.300 e. The van der Waals surface area contributed by atoms with Crippen molar-refractivity contribution in [2.24, 2.45) is 5.92 Å². The van der Waals surface area contributed by atoms with Gasteiger partial charge in [-0.15, -0.1) is 12.3 Å². The summed E-state index contributed by atoms with van der Waals surface area (Å²) in [5.41, 5.74) is 0. The molecule has 0 N–H and O–H groups in total. The second-order valence-electron chi connectivity index (χ2n) is 3.62. The van der Waals surface area contributed by atoms with E-state index < -0.39 is 0 Å². The molecule has 0 heterocycles. The third-order valence-electron chi connectivity index (χ3n) is 2.13. The Morgan fingerprint density at radius 1 is 1.38 bits per heavy atom. The van der Waals surface area contributed by atoms with E-state index in [9.17, 15) is 4.79 Å². The SMILES string of the molecule is C#CC(C)CC(=O)CCCCCC. The molecule has 13 heavy (non-hydrogen) atoms. The molecule has 0 aliphatic heterocycles. The maximum absolute atomic E-state index is 11.3. The second kappa shape index (κ2) is 7.86. The quantitative estimate of drug-likeness (QED) is 0.434. The first-order chi connectivity index (χ1) is 6.20. The highest BCUT2D eigenvalue weighted by Crippen LogP contribution is 2.08. The Morgan fingerprint density at radius 2 is 2.08 bits per heavy atom. The zero-order chi connectivity index (χ0) is 10.1. The van der Waals surface area contributed by atoms with Crippen LogP contribution in [0.1, 0.15) is 52.4 Å². The van der Waals surface area contributed by atoms with E-state index in [1.165, 1.54) is 19.3 Å². The van der Waals surface area contributed by atoms with Crippen molar-refractivity contribution >= 4 is 5.78 Å². The Kier molecular flexibility index (Phi) is 7.39. The summed E-state index contributed by atoms with van der Waals surface area (Å²) < 4.78 is 0. The molecule has 0 aromatic heterocycles. The first-order valence-electron chi connectivity index (χ1n) is 5.18. The summed E-state index contributed by atoms with van der Waals surface area (Å²) in [6, 6.07) is 0. The van der Waals surface area contributed by atoms with Gasteiger partial charge in [-0.25, -0.2) is 0 Å². The molecule has 0 bridgehead atoms. The van der Waals surface area contributed by atoms with Crippen molar-refractivity contribution in [2.75, 3.05) is 0 Å². The zero-order valence-electron chi connectivity index (χ0n) is 8.81. The number of terminal acetylenes is 1. The van der Waals surface area contributed by atoms with E-state index in [0.29, 0.717) is 18.6 Å². The van der Waals surface area contributed by atoms with Gasteiger partial charge >= 0.3 is 0 Å². The molecule has 0 radical (unpaired) electrons. The molecule has 74 valence electrons. The number of carbonyl (C=O) groups excluding carboxylic acids is 1. The number of carbonyl (C=O) groups is 1. The van der Waals surface area contributed by atoms with E-state index in [4.69, 9.17) is 6.42 Å². The van der Waals surface area contributed by atoms with Crippen LogP contribution in [0.25, 0.3) is 0 Å². The van der Waals surface area contributed by atoms with E-state index in [2.05, 4.69) is 12.8 Å². The van der Waals surface area contributed by atoms with E-state index in [1.807, 2.05) is 6.92 Å². The summed E-state index contributed by atoms with van der Waals surface area (Å²) in [4.78, 5) is 11.3. The van der Waals surface area contributed by atoms with Gasteiger partial charge in [-0.3, -0.25) is 4.79 Å². The summed E-state index contributed by atoms with van der Waals surface area (Å²) in [5, 5.41) is 0. The Bertz CT molecular complexity index is 176. The molecule has 0 spiro atoms. The van der Waals surface area contributed by atoms with Crippen molar-refractivity contribution in [3.63, 3.8) is 0 Å². The van der Waals surface area contributed by atoms with Crippen LogP contribution in [0.2, 0.25) is 0 Å². The maximum Gasteiger partial charge on any atom is 0.134 e.